The summed E-state index contributed by atoms with van der Waals surface area (Å²) in [5.41, 5.74) is 0. The van der Waals surface area contributed by atoms with E-state index in [1.54, 1.807) is 24.3 Å². The molecule has 108 valence electrons. The Morgan fingerprint density at radius 3 is 2.45 bits per heavy atom. The number of nitrogens with zero attached hydrogens (tertiary/aromatic N) is 1. The Balaban J connectivity index is 1.97. The first-order valence-corrected chi connectivity index (χ1v) is 8.95. The third-order valence-corrected chi connectivity index (χ3v) is 6.89. The van der Waals surface area contributed by atoms with Crippen molar-refractivity contribution >= 4 is 38.6 Å². The average Bonchev–Trinajstić information content (AvgIpc) is 2.97. The number of hydrogen-bond donors (Lipinski definition) is 1. The number of carboxylic acid groups (broad SMARTS) is 1. The Kier molecular flexibility index (Phi) is 3.54. The van der Waals surface area contributed by atoms with Crippen LogP contribution in [0.5, 0.6) is 0 Å². The first-order chi connectivity index (χ1) is 9.41. The molecule has 2 fully saturated rings. The summed E-state index contributed by atoms with van der Waals surface area (Å²) >= 11 is 2.12. The van der Waals surface area contributed by atoms with E-state index in [0.29, 0.717) is 12.8 Å². The van der Waals surface area contributed by atoms with Crippen LogP contribution in [-0.2, 0) is 14.8 Å². The maximum absolute atomic E-state index is 12.7. The molecule has 1 aromatic rings. The highest BCUT2D eigenvalue weighted by Crippen LogP contribution is 2.44. The van der Waals surface area contributed by atoms with Crippen LogP contribution in [0.1, 0.15) is 19.3 Å². The van der Waals surface area contributed by atoms with Crippen LogP contribution in [0.25, 0.3) is 0 Å². The predicted molar refractivity (Wildman–Crippen MR) is 80.7 cm³/mol. The van der Waals surface area contributed by atoms with Gasteiger partial charge in [-0.15, -0.1) is 0 Å². The highest BCUT2D eigenvalue weighted by atomic mass is 127. The summed E-state index contributed by atoms with van der Waals surface area (Å²) in [5.74, 6) is -1.45. The third-order valence-electron chi connectivity index (χ3n) is 4.18. The number of sulfonamides is 1. The monoisotopic (exact) mass is 407 g/mol. The van der Waals surface area contributed by atoms with Crippen molar-refractivity contribution in [1.29, 1.82) is 0 Å². The number of rotatable bonds is 3. The third kappa shape index (κ3) is 2.15. The van der Waals surface area contributed by atoms with Crippen molar-refractivity contribution in [3.63, 3.8) is 0 Å². The molecular formula is C13H14INO4S. The fourth-order valence-electron chi connectivity index (χ4n) is 3.31. The van der Waals surface area contributed by atoms with Crippen molar-refractivity contribution in [2.24, 2.45) is 5.92 Å². The molecule has 0 spiro atoms. The van der Waals surface area contributed by atoms with Crippen molar-refractivity contribution in [2.75, 3.05) is 0 Å². The van der Waals surface area contributed by atoms with Gasteiger partial charge in [0.05, 0.1) is 10.8 Å². The number of aliphatic carboxylic acids is 1. The molecule has 2 saturated heterocycles. The highest BCUT2D eigenvalue weighted by Gasteiger charge is 2.54. The van der Waals surface area contributed by atoms with Gasteiger partial charge in [0, 0.05) is 15.7 Å². The quantitative estimate of drug-likeness (QED) is 0.778. The maximum atomic E-state index is 12.7. The van der Waals surface area contributed by atoms with Gasteiger partial charge in [-0.25, -0.2) is 8.42 Å². The van der Waals surface area contributed by atoms with E-state index in [9.17, 15) is 18.3 Å². The van der Waals surface area contributed by atoms with Crippen molar-refractivity contribution in [1.82, 2.24) is 4.31 Å². The van der Waals surface area contributed by atoms with Gasteiger partial charge in [-0.05, 0) is 66.1 Å². The topological polar surface area (TPSA) is 74.7 Å². The van der Waals surface area contributed by atoms with Crippen molar-refractivity contribution in [2.45, 2.75) is 36.2 Å². The van der Waals surface area contributed by atoms with Gasteiger partial charge >= 0.3 is 5.97 Å². The minimum atomic E-state index is -3.59. The number of carboxylic acids is 1. The molecule has 0 amide bonds. The minimum Gasteiger partial charge on any atom is -0.481 e. The summed E-state index contributed by atoms with van der Waals surface area (Å²) in [4.78, 5) is 11.5. The van der Waals surface area contributed by atoms with Crippen molar-refractivity contribution in [3.05, 3.63) is 27.8 Å². The van der Waals surface area contributed by atoms with Gasteiger partial charge in [-0.3, -0.25) is 4.79 Å². The largest absolute Gasteiger partial charge is 0.481 e. The van der Waals surface area contributed by atoms with Crippen molar-refractivity contribution in [3.8, 4) is 0 Å². The van der Waals surface area contributed by atoms with E-state index in [1.165, 1.54) is 4.31 Å². The molecule has 0 radical (unpaired) electrons. The lowest BCUT2D eigenvalue weighted by molar-refractivity contribution is -0.142. The first kappa shape index (κ1) is 14.3. The van der Waals surface area contributed by atoms with Gasteiger partial charge in [-0.1, -0.05) is 0 Å². The highest BCUT2D eigenvalue weighted by molar-refractivity contribution is 14.1. The molecule has 0 aromatic heterocycles. The number of halogens is 1. The lowest BCUT2D eigenvalue weighted by atomic mass is 9.89. The molecule has 5 nitrogen and oxygen atoms in total. The van der Waals surface area contributed by atoms with E-state index in [2.05, 4.69) is 22.6 Å². The Labute approximate surface area is 131 Å². The first-order valence-electron chi connectivity index (χ1n) is 6.43. The standard InChI is InChI=1S/C13H14INO4S/c14-8-1-4-10(5-2-8)20(18,19)15-9-3-6-12(15)11(7-9)13(16)17/h1-2,4-5,9,11-12H,3,6-7H2,(H,16,17). The van der Waals surface area contributed by atoms with Crippen LogP contribution in [0.3, 0.4) is 0 Å². The van der Waals surface area contributed by atoms with Crippen LogP contribution in [0.4, 0.5) is 0 Å². The van der Waals surface area contributed by atoms with E-state index < -0.39 is 21.9 Å². The molecule has 7 heteroatoms. The molecule has 2 bridgehead atoms. The van der Waals surface area contributed by atoms with Crippen LogP contribution in [0, 0.1) is 9.49 Å². The SMILES string of the molecule is O=C(O)C1CC2CCC1N2S(=O)(=O)c1ccc(I)cc1. The molecule has 3 rings (SSSR count). The molecule has 2 aliphatic rings. The lowest BCUT2D eigenvalue weighted by Gasteiger charge is -2.22. The number of benzene rings is 1. The van der Waals surface area contributed by atoms with Gasteiger partial charge in [0.2, 0.25) is 10.0 Å². The molecule has 1 aromatic carbocycles. The number of carbonyl (C=O) groups is 1. The smallest absolute Gasteiger partial charge is 0.308 e. The Bertz CT molecular complexity index is 643. The fourth-order valence-corrected chi connectivity index (χ4v) is 5.58. The van der Waals surface area contributed by atoms with E-state index in [1.807, 2.05) is 0 Å². The predicted octanol–water partition coefficient (Wildman–Crippen LogP) is 1.92. The van der Waals surface area contributed by atoms with Crippen LogP contribution in [0.15, 0.2) is 29.2 Å². The zero-order valence-corrected chi connectivity index (χ0v) is 13.5. The number of hydrogen-bond acceptors (Lipinski definition) is 3. The van der Waals surface area contributed by atoms with E-state index in [0.717, 1.165) is 9.99 Å². The molecule has 2 heterocycles. The fraction of sp³-hybridized carbons (Fsp3) is 0.462. The molecule has 3 atom stereocenters. The molecular weight excluding hydrogens is 393 g/mol. The molecule has 0 aliphatic carbocycles. The van der Waals surface area contributed by atoms with Gasteiger partial charge in [0.15, 0.2) is 0 Å². The molecule has 20 heavy (non-hydrogen) atoms. The summed E-state index contributed by atoms with van der Waals surface area (Å²) in [7, 11) is -3.59. The maximum Gasteiger partial charge on any atom is 0.308 e. The molecule has 1 N–H and O–H groups in total. The Hall–Kier alpha value is -0.670. The lowest BCUT2D eigenvalue weighted by Crippen LogP contribution is -2.37. The second-order valence-corrected chi connectivity index (χ2v) is 8.36. The van der Waals surface area contributed by atoms with Gasteiger partial charge in [0.25, 0.3) is 0 Å². The molecule has 2 aliphatic heterocycles. The second-order valence-electron chi connectivity index (χ2n) is 5.27. The van der Waals surface area contributed by atoms with E-state index in [4.69, 9.17) is 0 Å². The molecule has 3 unspecified atom stereocenters. The summed E-state index contributed by atoms with van der Waals surface area (Å²) in [5, 5.41) is 9.20. The summed E-state index contributed by atoms with van der Waals surface area (Å²) in [6.07, 6.45) is 1.84. The summed E-state index contributed by atoms with van der Waals surface area (Å²) in [6, 6.07) is 6.13. The summed E-state index contributed by atoms with van der Waals surface area (Å²) < 4.78 is 27.8. The van der Waals surface area contributed by atoms with Crippen LogP contribution >= 0.6 is 22.6 Å². The van der Waals surface area contributed by atoms with Crippen LogP contribution in [-0.4, -0.2) is 35.9 Å². The zero-order valence-electron chi connectivity index (χ0n) is 10.6. The molecule has 0 saturated carbocycles. The Morgan fingerprint density at radius 1 is 1.25 bits per heavy atom. The van der Waals surface area contributed by atoms with Gasteiger partial charge in [0.1, 0.15) is 0 Å². The van der Waals surface area contributed by atoms with Crippen molar-refractivity contribution < 1.29 is 18.3 Å². The summed E-state index contributed by atoms with van der Waals surface area (Å²) in [6.45, 7) is 0. The van der Waals surface area contributed by atoms with Crippen LogP contribution < -0.4 is 0 Å². The van der Waals surface area contributed by atoms with Gasteiger partial charge in [-0.2, -0.15) is 4.31 Å². The average molecular weight is 407 g/mol. The Morgan fingerprint density at radius 2 is 1.90 bits per heavy atom. The zero-order chi connectivity index (χ0) is 14.5. The van der Waals surface area contributed by atoms with Gasteiger partial charge < -0.3 is 5.11 Å². The number of fused-ring (bicyclic) bond motifs is 2. The van der Waals surface area contributed by atoms with E-state index >= 15 is 0 Å². The van der Waals surface area contributed by atoms with Crippen LogP contribution in [0.2, 0.25) is 0 Å². The second kappa shape index (κ2) is 4.96. The minimum absolute atomic E-state index is 0.162. The normalized spacial score (nSPS) is 29.8. The van der Waals surface area contributed by atoms with E-state index in [-0.39, 0.29) is 17.0 Å².